The van der Waals surface area contributed by atoms with Crippen LogP contribution in [-0.2, 0) is 20.9 Å². The highest BCUT2D eigenvalue weighted by Gasteiger charge is 2.50. The Hall–Kier alpha value is -2.91. The Morgan fingerprint density at radius 1 is 1.12 bits per heavy atom. The second kappa shape index (κ2) is 11.5. The van der Waals surface area contributed by atoms with Gasteiger partial charge in [-0.3, -0.25) is 9.59 Å². The van der Waals surface area contributed by atoms with Crippen molar-refractivity contribution in [3.05, 3.63) is 58.6 Å². The molecule has 4 fully saturated rings. The van der Waals surface area contributed by atoms with Gasteiger partial charge in [0.25, 0.3) is 5.92 Å². The van der Waals surface area contributed by atoms with Gasteiger partial charge in [0.05, 0.1) is 11.7 Å². The molecular weight excluding hydrogens is 574 g/mol. The number of halogens is 3. The highest BCUT2D eigenvalue weighted by molar-refractivity contribution is 6.32. The van der Waals surface area contributed by atoms with Crippen LogP contribution in [0.4, 0.5) is 14.5 Å². The van der Waals surface area contributed by atoms with Gasteiger partial charge in [0.1, 0.15) is 11.3 Å². The molecule has 4 aliphatic rings. The second-order valence-corrected chi connectivity index (χ2v) is 13.5. The van der Waals surface area contributed by atoms with Gasteiger partial charge in [-0.1, -0.05) is 36.2 Å². The summed E-state index contributed by atoms with van der Waals surface area (Å²) in [4.78, 5) is 32.6. The number of hydrogen-bond donors (Lipinski definition) is 2. The van der Waals surface area contributed by atoms with E-state index in [-0.39, 0.29) is 34.5 Å². The van der Waals surface area contributed by atoms with Crippen LogP contribution in [0.25, 0.3) is 0 Å². The van der Waals surface area contributed by atoms with Crippen LogP contribution in [0.2, 0.25) is 5.02 Å². The zero-order valence-electron chi connectivity index (χ0n) is 24.8. The minimum absolute atomic E-state index is 0.0360. The number of phenolic OH excluding ortho intramolecular Hbond substituents is 1. The number of amides is 2. The van der Waals surface area contributed by atoms with E-state index in [0.717, 1.165) is 77.2 Å². The van der Waals surface area contributed by atoms with Crippen LogP contribution in [-0.4, -0.2) is 71.7 Å². The molecule has 0 radical (unpaired) electrons. The molecule has 7 nitrogen and oxygen atoms in total. The molecule has 2 amide bonds. The normalized spacial score (nSPS) is 24.4. The van der Waals surface area contributed by atoms with Crippen LogP contribution in [0.3, 0.4) is 0 Å². The summed E-state index contributed by atoms with van der Waals surface area (Å²) in [6.07, 6.45) is 6.99. The van der Waals surface area contributed by atoms with Crippen molar-refractivity contribution in [3.8, 4) is 5.75 Å². The molecule has 3 heterocycles. The molecular formula is C33H41ClF2N4O3. The van der Waals surface area contributed by atoms with Crippen LogP contribution >= 0.6 is 11.6 Å². The van der Waals surface area contributed by atoms with Crippen LogP contribution in [0.15, 0.2) is 42.5 Å². The topological polar surface area (TPSA) is 76.1 Å². The fraction of sp³-hybridized carbons (Fsp3) is 0.576. The lowest BCUT2D eigenvalue weighted by atomic mass is 9.75. The molecule has 10 heteroatoms. The maximum absolute atomic E-state index is 14.1. The molecule has 1 saturated carbocycles. The molecule has 2 N–H and O–H groups in total. The molecule has 3 aliphatic heterocycles. The van der Waals surface area contributed by atoms with Gasteiger partial charge in [-0.05, 0) is 81.3 Å². The first kappa shape index (κ1) is 30.1. The summed E-state index contributed by atoms with van der Waals surface area (Å²) in [5, 5.41) is 13.3. The fourth-order valence-electron chi connectivity index (χ4n) is 7.55. The number of carbonyl (C=O) groups is 2. The summed E-state index contributed by atoms with van der Waals surface area (Å²) in [6.45, 7) is 4.93. The Morgan fingerprint density at radius 2 is 1.88 bits per heavy atom. The molecule has 43 heavy (non-hydrogen) atoms. The lowest BCUT2D eigenvalue weighted by Gasteiger charge is -2.43. The number of hydrogen-bond acceptors (Lipinski definition) is 5. The van der Waals surface area contributed by atoms with Crippen LogP contribution in [0.1, 0.15) is 69.4 Å². The first-order chi connectivity index (χ1) is 20.5. The van der Waals surface area contributed by atoms with Gasteiger partial charge < -0.3 is 25.1 Å². The smallest absolute Gasteiger partial charge is 0.270 e. The van der Waals surface area contributed by atoms with Gasteiger partial charge in [-0.15, -0.1) is 0 Å². The van der Waals surface area contributed by atoms with E-state index < -0.39 is 11.5 Å². The SMILES string of the molecule is CC(F)(F)c1cccc(N2CNC(=O)C23CCN(CCCC2(c4ccc(O)c(Cl)c4)CCN(C(=O)C4CCC4)C2)CC3)c1. The van der Waals surface area contributed by atoms with Crippen molar-refractivity contribution in [1.29, 1.82) is 0 Å². The Labute approximate surface area is 257 Å². The molecule has 1 atom stereocenters. The van der Waals surface area contributed by atoms with E-state index >= 15 is 0 Å². The van der Waals surface area contributed by atoms with Crippen molar-refractivity contribution in [2.24, 2.45) is 5.92 Å². The number of nitrogens with zero attached hydrogens (tertiary/aromatic N) is 3. The predicted molar refractivity (Wildman–Crippen MR) is 162 cm³/mol. The number of alkyl halides is 2. The van der Waals surface area contributed by atoms with Gasteiger partial charge in [0.15, 0.2) is 0 Å². The van der Waals surface area contributed by atoms with E-state index in [1.165, 1.54) is 12.1 Å². The number of nitrogens with one attached hydrogen (secondary N) is 1. The highest BCUT2D eigenvalue weighted by Crippen LogP contribution is 2.43. The van der Waals surface area contributed by atoms with Crippen molar-refractivity contribution in [2.45, 2.75) is 75.2 Å². The summed E-state index contributed by atoms with van der Waals surface area (Å²) >= 11 is 6.34. The van der Waals surface area contributed by atoms with Crippen LogP contribution in [0.5, 0.6) is 5.75 Å². The Balaban J connectivity index is 1.11. The van der Waals surface area contributed by atoms with Crippen molar-refractivity contribution in [1.82, 2.24) is 15.1 Å². The number of likely N-dealkylation sites (tertiary alicyclic amines) is 2. The Bertz CT molecular complexity index is 1370. The zero-order chi connectivity index (χ0) is 30.4. The second-order valence-electron chi connectivity index (χ2n) is 13.1. The number of aromatic hydroxyl groups is 1. The molecule has 2 aromatic carbocycles. The number of piperidine rings is 1. The monoisotopic (exact) mass is 614 g/mol. The van der Waals surface area contributed by atoms with Gasteiger partial charge in [-0.25, -0.2) is 8.78 Å². The van der Waals surface area contributed by atoms with Gasteiger partial charge in [0, 0.05) is 55.7 Å². The standard InChI is InChI=1S/C33H41ClF2N4O3/c1-31(35,36)24-7-3-8-26(19-24)40-22-37-30(43)33(40)13-16-38(17-14-33)15-4-11-32(25-9-10-28(41)27(34)20-25)12-18-39(21-32)29(42)23-5-2-6-23/h3,7-10,19-20,23,41H,2,4-6,11-18,21-22H2,1H3,(H,37,43). The predicted octanol–water partition coefficient (Wildman–Crippen LogP) is 5.64. The van der Waals surface area contributed by atoms with Gasteiger partial charge in [0.2, 0.25) is 11.8 Å². The summed E-state index contributed by atoms with van der Waals surface area (Å²) in [5.41, 5.74) is 0.691. The van der Waals surface area contributed by atoms with Crippen molar-refractivity contribution >= 4 is 29.1 Å². The van der Waals surface area contributed by atoms with E-state index in [2.05, 4.69) is 10.2 Å². The third-order valence-electron chi connectivity index (χ3n) is 10.5. The Morgan fingerprint density at radius 3 is 2.56 bits per heavy atom. The molecule has 1 unspecified atom stereocenters. The fourth-order valence-corrected chi connectivity index (χ4v) is 7.73. The highest BCUT2D eigenvalue weighted by atomic mass is 35.5. The maximum atomic E-state index is 14.1. The first-order valence-corrected chi connectivity index (χ1v) is 15.9. The van der Waals surface area contributed by atoms with Gasteiger partial charge in [-0.2, -0.15) is 0 Å². The maximum Gasteiger partial charge on any atom is 0.270 e. The number of rotatable bonds is 8. The number of phenols is 1. The van der Waals surface area contributed by atoms with Crippen molar-refractivity contribution < 1.29 is 23.5 Å². The van der Waals surface area contributed by atoms with E-state index in [4.69, 9.17) is 11.6 Å². The first-order valence-electron chi connectivity index (χ1n) is 15.6. The quantitative estimate of drug-likeness (QED) is 0.403. The van der Waals surface area contributed by atoms with Gasteiger partial charge >= 0.3 is 0 Å². The third-order valence-corrected chi connectivity index (χ3v) is 10.8. The molecule has 1 aliphatic carbocycles. The molecule has 6 rings (SSSR count). The zero-order valence-corrected chi connectivity index (χ0v) is 25.5. The van der Waals surface area contributed by atoms with Crippen molar-refractivity contribution in [2.75, 3.05) is 44.3 Å². The number of benzene rings is 2. The lowest BCUT2D eigenvalue weighted by molar-refractivity contribution is -0.137. The summed E-state index contributed by atoms with van der Waals surface area (Å²) in [6, 6.07) is 11.8. The minimum Gasteiger partial charge on any atom is -0.506 e. The summed E-state index contributed by atoms with van der Waals surface area (Å²) in [7, 11) is 0. The molecule has 2 aromatic rings. The van der Waals surface area contributed by atoms with Crippen LogP contribution in [0, 0.1) is 5.92 Å². The third kappa shape index (κ3) is 5.70. The Kier molecular flexibility index (Phi) is 8.09. The van der Waals surface area contributed by atoms with E-state index in [9.17, 15) is 23.5 Å². The van der Waals surface area contributed by atoms with Crippen LogP contribution < -0.4 is 10.2 Å². The van der Waals surface area contributed by atoms with Crippen molar-refractivity contribution in [3.63, 3.8) is 0 Å². The molecule has 232 valence electrons. The van der Waals surface area contributed by atoms with E-state index in [0.29, 0.717) is 36.8 Å². The number of anilines is 1. The summed E-state index contributed by atoms with van der Waals surface area (Å²) < 4.78 is 28.1. The molecule has 0 aromatic heterocycles. The summed E-state index contributed by atoms with van der Waals surface area (Å²) in [5.74, 6) is -2.50. The average molecular weight is 615 g/mol. The molecule has 3 saturated heterocycles. The number of carbonyl (C=O) groups excluding carboxylic acids is 2. The minimum atomic E-state index is -2.95. The largest absolute Gasteiger partial charge is 0.506 e. The lowest BCUT2D eigenvalue weighted by Crippen LogP contribution is -2.56. The molecule has 1 spiro atoms. The van der Waals surface area contributed by atoms with E-state index in [1.54, 1.807) is 18.2 Å². The molecule has 0 bridgehead atoms. The van der Waals surface area contributed by atoms with E-state index in [1.807, 2.05) is 21.9 Å². The average Bonchev–Trinajstić information content (AvgIpc) is 3.52.